The fraction of sp³-hybridized carbons (Fsp3) is 0.188. The van der Waals surface area contributed by atoms with Crippen molar-refractivity contribution in [2.45, 2.75) is 25.3 Å². The molecule has 3 rings (SSSR count). The van der Waals surface area contributed by atoms with Crippen LogP contribution in [0, 0.1) is 6.92 Å². The predicted octanol–water partition coefficient (Wildman–Crippen LogP) is 3.95. The number of hydrogen-bond donors (Lipinski definition) is 1. The Hall–Kier alpha value is -1.64. The number of aromatic nitrogens is 1. The first-order chi connectivity index (χ1) is 11.3. The van der Waals surface area contributed by atoms with E-state index in [0.717, 1.165) is 22.4 Å². The molecule has 1 N–H and O–H groups in total. The zero-order valence-corrected chi connectivity index (χ0v) is 16.3. The van der Waals surface area contributed by atoms with E-state index < -0.39 is 10.0 Å². The average molecular weight is 427 g/mol. The van der Waals surface area contributed by atoms with Crippen molar-refractivity contribution in [1.82, 2.24) is 4.57 Å². The van der Waals surface area contributed by atoms with Crippen LogP contribution >= 0.6 is 27.3 Å². The molecule has 24 heavy (non-hydrogen) atoms. The summed E-state index contributed by atoms with van der Waals surface area (Å²) >= 11 is 4.42. The van der Waals surface area contributed by atoms with E-state index in [1.807, 2.05) is 26.0 Å². The van der Waals surface area contributed by atoms with E-state index in [2.05, 4.69) is 20.7 Å². The van der Waals surface area contributed by atoms with Gasteiger partial charge in [0.25, 0.3) is 10.0 Å². The molecular weight excluding hydrogens is 412 g/mol. The summed E-state index contributed by atoms with van der Waals surface area (Å²) in [6.45, 7) is 4.37. The fourth-order valence-corrected chi connectivity index (χ4v) is 5.32. The van der Waals surface area contributed by atoms with E-state index in [9.17, 15) is 13.2 Å². The minimum Gasteiger partial charge on any atom is -0.299 e. The smallest absolute Gasteiger partial charge is 0.299 e. The van der Waals surface area contributed by atoms with Gasteiger partial charge in [-0.05, 0) is 65.7 Å². The second-order valence-electron chi connectivity index (χ2n) is 5.33. The molecule has 0 spiro atoms. The summed E-state index contributed by atoms with van der Waals surface area (Å²) in [6, 6.07) is 10.1. The molecule has 0 aliphatic carbocycles. The van der Waals surface area contributed by atoms with Crippen LogP contribution in [0.25, 0.3) is 10.2 Å². The summed E-state index contributed by atoms with van der Waals surface area (Å²) in [7, 11) is -3.74. The molecule has 0 aliphatic rings. The highest BCUT2D eigenvalue weighted by Crippen LogP contribution is 2.27. The number of aryl methyl sites for hydroxylation is 2. The molecule has 5 nitrogen and oxygen atoms in total. The highest BCUT2D eigenvalue weighted by molar-refractivity contribution is 9.10. The Morgan fingerprint density at radius 3 is 2.62 bits per heavy atom. The third kappa shape index (κ3) is 3.13. The van der Waals surface area contributed by atoms with Crippen LogP contribution in [-0.4, -0.2) is 13.0 Å². The van der Waals surface area contributed by atoms with Crippen molar-refractivity contribution in [1.29, 1.82) is 0 Å². The molecule has 0 atom stereocenters. The van der Waals surface area contributed by atoms with Gasteiger partial charge < -0.3 is 0 Å². The standard InChI is InChI=1S/C16H15BrN2O3S2/c1-3-19-14-7-5-11(9-15(14)23-16(19)20)24(21,22)18-13-6-4-10(2)8-12(13)17/h4-9,18H,3H2,1-2H3. The zero-order valence-electron chi connectivity index (χ0n) is 13.0. The molecule has 3 aromatic rings. The summed E-state index contributed by atoms with van der Waals surface area (Å²) in [5.74, 6) is 0. The van der Waals surface area contributed by atoms with Crippen molar-refractivity contribution < 1.29 is 8.42 Å². The van der Waals surface area contributed by atoms with Crippen LogP contribution in [0.3, 0.4) is 0 Å². The Balaban J connectivity index is 2.03. The van der Waals surface area contributed by atoms with Crippen molar-refractivity contribution in [2.24, 2.45) is 0 Å². The normalized spacial score (nSPS) is 11.8. The molecule has 0 saturated heterocycles. The first-order valence-electron chi connectivity index (χ1n) is 7.24. The largest absolute Gasteiger partial charge is 0.308 e. The van der Waals surface area contributed by atoms with E-state index in [1.54, 1.807) is 16.7 Å². The topological polar surface area (TPSA) is 68.2 Å². The first kappa shape index (κ1) is 17.2. The van der Waals surface area contributed by atoms with E-state index in [4.69, 9.17) is 0 Å². The summed E-state index contributed by atoms with van der Waals surface area (Å²) < 4.78 is 30.8. The van der Waals surface area contributed by atoms with Crippen LogP contribution in [0.4, 0.5) is 5.69 Å². The van der Waals surface area contributed by atoms with Gasteiger partial charge >= 0.3 is 4.87 Å². The number of thiazole rings is 1. The third-order valence-corrected chi connectivity index (χ3v) is 6.60. The highest BCUT2D eigenvalue weighted by atomic mass is 79.9. The highest BCUT2D eigenvalue weighted by Gasteiger charge is 2.18. The third-order valence-electron chi connectivity index (χ3n) is 3.64. The van der Waals surface area contributed by atoms with Gasteiger partial charge in [0, 0.05) is 11.0 Å². The Bertz CT molecular complexity index is 1080. The fourth-order valence-electron chi connectivity index (χ4n) is 2.42. The lowest BCUT2D eigenvalue weighted by molar-refractivity contribution is 0.601. The Labute approximate surface area is 152 Å². The SMILES string of the molecule is CCn1c(=O)sc2cc(S(=O)(=O)Nc3ccc(C)cc3Br)ccc21. The second-order valence-corrected chi connectivity index (χ2v) is 8.86. The van der Waals surface area contributed by atoms with Crippen molar-refractivity contribution >= 4 is 53.2 Å². The van der Waals surface area contributed by atoms with Crippen molar-refractivity contribution in [3.63, 3.8) is 0 Å². The minimum absolute atomic E-state index is 0.0868. The molecule has 0 amide bonds. The summed E-state index contributed by atoms with van der Waals surface area (Å²) in [6.07, 6.45) is 0. The molecule has 2 aromatic carbocycles. The molecule has 0 saturated carbocycles. The summed E-state index contributed by atoms with van der Waals surface area (Å²) in [5, 5.41) is 0. The molecule has 1 aromatic heterocycles. The lowest BCUT2D eigenvalue weighted by Crippen LogP contribution is -2.13. The lowest BCUT2D eigenvalue weighted by Gasteiger charge is -2.10. The van der Waals surface area contributed by atoms with Crippen LogP contribution in [-0.2, 0) is 16.6 Å². The van der Waals surface area contributed by atoms with Crippen LogP contribution in [0.1, 0.15) is 12.5 Å². The number of fused-ring (bicyclic) bond motifs is 1. The van der Waals surface area contributed by atoms with E-state index in [-0.39, 0.29) is 9.77 Å². The van der Waals surface area contributed by atoms with Gasteiger partial charge in [0.1, 0.15) is 0 Å². The molecule has 0 radical (unpaired) electrons. The molecule has 0 aliphatic heterocycles. The van der Waals surface area contributed by atoms with E-state index in [1.165, 1.54) is 12.1 Å². The molecule has 1 heterocycles. The monoisotopic (exact) mass is 426 g/mol. The number of nitrogens with one attached hydrogen (secondary N) is 1. The van der Waals surface area contributed by atoms with Crippen molar-refractivity contribution in [3.05, 3.63) is 56.1 Å². The number of rotatable bonds is 4. The van der Waals surface area contributed by atoms with E-state index >= 15 is 0 Å². The number of hydrogen-bond acceptors (Lipinski definition) is 4. The number of benzene rings is 2. The van der Waals surface area contributed by atoms with Gasteiger partial charge in [0.05, 0.1) is 20.8 Å². The molecule has 0 unspecified atom stereocenters. The maximum atomic E-state index is 12.6. The number of halogens is 1. The van der Waals surface area contributed by atoms with Gasteiger partial charge in [-0.1, -0.05) is 17.4 Å². The minimum atomic E-state index is -3.74. The quantitative estimate of drug-likeness (QED) is 0.686. The van der Waals surface area contributed by atoms with Gasteiger partial charge in [0.15, 0.2) is 0 Å². The van der Waals surface area contributed by atoms with Crippen LogP contribution in [0.5, 0.6) is 0 Å². The van der Waals surface area contributed by atoms with Gasteiger partial charge in [-0.25, -0.2) is 8.42 Å². The van der Waals surface area contributed by atoms with Gasteiger partial charge in [-0.3, -0.25) is 14.1 Å². The maximum absolute atomic E-state index is 12.6. The van der Waals surface area contributed by atoms with Crippen LogP contribution < -0.4 is 9.60 Å². The first-order valence-corrected chi connectivity index (χ1v) is 10.3. The molecule has 8 heteroatoms. The lowest BCUT2D eigenvalue weighted by atomic mass is 10.2. The Morgan fingerprint density at radius 2 is 1.96 bits per heavy atom. The number of sulfonamides is 1. The summed E-state index contributed by atoms with van der Waals surface area (Å²) in [4.78, 5) is 12.0. The molecule has 0 bridgehead atoms. The Morgan fingerprint density at radius 1 is 1.21 bits per heavy atom. The number of nitrogens with zero attached hydrogens (tertiary/aromatic N) is 1. The molecule has 126 valence electrons. The van der Waals surface area contributed by atoms with Gasteiger partial charge in [-0.2, -0.15) is 0 Å². The summed E-state index contributed by atoms with van der Waals surface area (Å²) in [5.41, 5.74) is 2.25. The maximum Gasteiger partial charge on any atom is 0.308 e. The van der Waals surface area contributed by atoms with Gasteiger partial charge in [0.2, 0.25) is 0 Å². The second kappa shape index (κ2) is 6.34. The van der Waals surface area contributed by atoms with Crippen LogP contribution in [0.15, 0.2) is 50.6 Å². The predicted molar refractivity (Wildman–Crippen MR) is 101 cm³/mol. The number of anilines is 1. The molecular formula is C16H15BrN2O3S2. The molecule has 0 fully saturated rings. The van der Waals surface area contributed by atoms with Crippen LogP contribution in [0.2, 0.25) is 0 Å². The average Bonchev–Trinajstić information content (AvgIpc) is 2.84. The van der Waals surface area contributed by atoms with Crippen molar-refractivity contribution in [3.8, 4) is 0 Å². The van der Waals surface area contributed by atoms with E-state index in [0.29, 0.717) is 21.4 Å². The zero-order chi connectivity index (χ0) is 17.5. The Kier molecular flexibility index (Phi) is 4.54. The van der Waals surface area contributed by atoms with Gasteiger partial charge in [-0.15, -0.1) is 0 Å². The van der Waals surface area contributed by atoms with Crippen molar-refractivity contribution in [2.75, 3.05) is 4.72 Å².